The van der Waals surface area contributed by atoms with Gasteiger partial charge in [0.05, 0.1) is 34.2 Å². The minimum Gasteiger partial charge on any atom is -0.322 e. The molecule has 2 heterocycles. The second-order valence-corrected chi connectivity index (χ2v) is 5.59. The van der Waals surface area contributed by atoms with Crippen LogP contribution in [0, 0.1) is 12.7 Å². The molecule has 0 atom stereocenters. The van der Waals surface area contributed by atoms with E-state index in [1.807, 2.05) is 24.7 Å². The number of rotatable bonds is 3. The topological polar surface area (TPSA) is 35.6 Å². The summed E-state index contributed by atoms with van der Waals surface area (Å²) in [6.07, 6.45) is 1.94. The van der Waals surface area contributed by atoms with E-state index in [-0.39, 0.29) is 10.9 Å². The number of benzene rings is 1. The van der Waals surface area contributed by atoms with Gasteiger partial charge in [0.2, 0.25) is 0 Å². The Morgan fingerprint density at radius 2 is 2.10 bits per heavy atom. The molecule has 2 aromatic heterocycles. The molecular weight excluding hydrogens is 314 g/mol. The third-order valence-electron chi connectivity index (χ3n) is 3.43. The summed E-state index contributed by atoms with van der Waals surface area (Å²) in [6, 6.07) is 2.92. The van der Waals surface area contributed by atoms with Crippen molar-refractivity contribution in [2.45, 2.75) is 19.3 Å². The third-order valence-corrected chi connectivity index (χ3v) is 3.96. The molecule has 0 aliphatic rings. The number of imidazole rings is 1. The van der Waals surface area contributed by atoms with Crippen molar-refractivity contribution in [1.82, 2.24) is 19.3 Å². The van der Waals surface area contributed by atoms with Crippen LogP contribution in [0.25, 0.3) is 11.0 Å². The number of alkyl halides is 1. The van der Waals surface area contributed by atoms with Crippen molar-refractivity contribution in [2.24, 2.45) is 7.05 Å². The van der Waals surface area contributed by atoms with E-state index in [9.17, 15) is 4.39 Å². The smallest absolute Gasteiger partial charge is 0.144 e. The highest BCUT2D eigenvalue weighted by Gasteiger charge is 2.15. The maximum atomic E-state index is 13.7. The van der Waals surface area contributed by atoms with Crippen LogP contribution in [0.3, 0.4) is 0 Å². The molecule has 0 saturated heterocycles. The van der Waals surface area contributed by atoms with Gasteiger partial charge in [-0.25, -0.2) is 9.37 Å². The molecule has 0 radical (unpaired) electrons. The molecule has 0 spiro atoms. The Morgan fingerprint density at radius 1 is 1.33 bits per heavy atom. The highest BCUT2D eigenvalue weighted by Crippen LogP contribution is 2.25. The number of hydrogen-bond donors (Lipinski definition) is 0. The molecule has 0 aliphatic carbocycles. The van der Waals surface area contributed by atoms with Crippen molar-refractivity contribution in [2.75, 3.05) is 0 Å². The molecule has 4 nitrogen and oxygen atoms in total. The number of nitrogens with zero attached hydrogens (tertiary/aromatic N) is 4. The molecule has 3 rings (SSSR count). The molecular formula is C14H13Cl2FN4. The fourth-order valence-corrected chi connectivity index (χ4v) is 2.78. The van der Waals surface area contributed by atoms with Crippen molar-refractivity contribution in [1.29, 1.82) is 0 Å². The lowest BCUT2D eigenvalue weighted by Gasteiger charge is -2.07. The molecule has 0 aliphatic heterocycles. The summed E-state index contributed by atoms with van der Waals surface area (Å²) in [7, 11) is 1.87. The van der Waals surface area contributed by atoms with Crippen molar-refractivity contribution in [3.8, 4) is 0 Å². The van der Waals surface area contributed by atoms with Crippen molar-refractivity contribution in [3.63, 3.8) is 0 Å². The first-order valence-corrected chi connectivity index (χ1v) is 7.30. The summed E-state index contributed by atoms with van der Waals surface area (Å²) in [5, 5.41) is 4.37. The van der Waals surface area contributed by atoms with Gasteiger partial charge in [-0.1, -0.05) is 11.6 Å². The summed E-state index contributed by atoms with van der Waals surface area (Å²) in [5.74, 6) is 0.457. The maximum Gasteiger partial charge on any atom is 0.144 e. The fourth-order valence-electron chi connectivity index (χ4n) is 2.42. The molecule has 3 aromatic rings. The van der Waals surface area contributed by atoms with E-state index < -0.39 is 5.82 Å². The largest absolute Gasteiger partial charge is 0.322 e. The summed E-state index contributed by atoms with van der Waals surface area (Å²) in [5.41, 5.74) is 3.28. The second kappa shape index (κ2) is 5.31. The lowest BCUT2D eigenvalue weighted by Crippen LogP contribution is -2.04. The number of hydrogen-bond acceptors (Lipinski definition) is 2. The van der Waals surface area contributed by atoms with E-state index in [0.717, 1.165) is 11.3 Å². The van der Waals surface area contributed by atoms with Crippen molar-refractivity contribution < 1.29 is 4.39 Å². The van der Waals surface area contributed by atoms with Crippen LogP contribution in [-0.2, 0) is 19.5 Å². The molecule has 7 heteroatoms. The van der Waals surface area contributed by atoms with Gasteiger partial charge < -0.3 is 4.57 Å². The number of aryl methyl sites for hydroxylation is 2. The van der Waals surface area contributed by atoms with Crippen molar-refractivity contribution in [3.05, 3.63) is 46.3 Å². The van der Waals surface area contributed by atoms with Crippen LogP contribution < -0.4 is 0 Å². The normalized spacial score (nSPS) is 11.5. The van der Waals surface area contributed by atoms with Gasteiger partial charge in [-0.2, -0.15) is 5.10 Å². The maximum absolute atomic E-state index is 13.7. The van der Waals surface area contributed by atoms with E-state index in [0.29, 0.717) is 23.4 Å². The van der Waals surface area contributed by atoms with Crippen LogP contribution in [0.4, 0.5) is 4.39 Å². The van der Waals surface area contributed by atoms with Gasteiger partial charge in [-0.15, -0.1) is 11.6 Å². The van der Waals surface area contributed by atoms with Gasteiger partial charge in [-0.3, -0.25) is 4.68 Å². The second-order valence-electron chi connectivity index (χ2n) is 4.92. The fraction of sp³-hybridized carbons (Fsp3) is 0.286. The highest BCUT2D eigenvalue weighted by atomic mass is 35.5. The van der Waals surface area contributed by atoms with Gasteiger partial charge in [0.25, 0.3) is 0 Å². The Labute approximate surface area is 131 Å². The Hall–Kier alpha value is -1.59. The molecule has 0 amide bonds. The average molecular weight is 327 g/mol. The first-order chi connectivity index (χ1) is 9.99. The van der Waals surface area contributed by atoms with Crippen LogP contribution in [0.5, 0.6) is 0 Å². The van der Waals surface area contributed by atoms with E-state index in [2.05, 4.69) is 10.1 Å². The first-order valence-electron chi connectivity index (χ1n) is 6.39. The number of aromatic nitrogens is 4. The predicted octanol–water partition coefficient (Wildman–Crippen LogP) is 3.66. The zero-order valence-corrected chi connectivity index (χ0v) is 13.1. The molecule has 1 aromatic carbocycles. The summed E-state index contributed by atoms with van der Waals surface area (Å²) in [4.78, 5) is 4.42. The minimum atomic E-state index is -0.464. The van der Waals surface area contributed by atoms with E-state index in [1.54, 1.807) is 4.68 Å². The zero-order valence-electron chi connectivity index (χ0n) is 11.6. The van der Waals surface area contributed by atoms with Gasteiger partial charge in [0.15, 0.2) is 0 Å². The summed E-state index contributed by atoms with van der Waals surface area (Å²) >= 11 is 11.8. The highest BCUT2D eigenvalue weighted by molar-refractivity contribution is 6.31. The Kier molecular flexibility index (Phi) is 3.63. The molecule has 21 heavy (non-hydrogen) atoms. The molecule has 110 valence electrons. The number of fused-ring (bicyclic) bond motifs is 1. The monoisotopic (exact) mass is 326 g/mol. The zero-order chi connectivity index (χ0) is 15.1. The number of halogens is 3. The molecule has 0 fully saturated rings. The summed E-state index contributed by atoms with van der Waals surface area (Å²) < 4.78 is 17.4. The van der Waals surface area contributed by atoms with Crippen molar-refractivity contribution >= 4 is 34.2 Å². The Bertz CT molecular complexity index is 822. The summed E-state index contributed by atoms with van der Waals surface area (Å²) in [6.45, 7) is 2.48. The molecule has 0 saturated carbocycles. The van der Waals surface area contributed by atoms with E-state index in [1.165, 1.54) is 12.1 Å². The van der Waals surface area contributed by atoms with Crippen LogP contribution in [0.1, 0.15) is 17.1 Å². The molecule has 0 bridgehead atoms. The van der Waals surface area contributed by atoms with Gasteiger partial charge in [0.1, 0.15) is 11.6 Å². The first kappa shape index (κ1) is 14.4. The van der Waals surface area contributed by atoms with Gasteiger partial charge >= 0.3 is 0 Å². The van der Waals surface area contributed by atoms with Crippen LogP contribution in [-0.4, -0.2) is 19.3 Å². The lowest BCUT2D eigenvalue weighted by molar-refractivity contribution is 0.628. The lowest BCUT2D eigenvalue weighted by atomic mass is 10.2. The predicted molar refractivity (Wildman–Crippen MR) is 81.3 cm³/mol. The van der Waals surface area contributed by atoms with Crippen LogP contribution in [0.15, 0.2) is 18.3 Å². The van der Waals surface area contributed by atoms with E-state index in [4.69, 9.17) is 23.2 Å². The van der Waals surface area contributed by atoms with E-state index >= 15 is 0 Å². The van der Waals surface area contributed by atoms with Crippen LogP contribution >= 0.6 is 23.2 Å². The minimum absolute atomic E-state index is 0.0610. The average Bonchev–Trinajstić information content (AvgIpc) is 2.92. The Morgan fingerprint density at radius 3 is 2.71 bits per heavy atom. The SMILES string of the molecule is Cc1nn(C)cc1Cn1c(CCl)nc2cc(Cl)c(F)cc21. The standard InChI is InChI=1S/C14H13Cl2FN4/c1-8-9(6-20(2)19-8)7-21-13-4-11(17)10(16)3-12(13)18-14(21)5-15/h3-4,6H,5,7H2,1-2H3. The quantitative estimate of drug-likeness (QED) is 0.688. The van der Waals surface area contributed by atoms with Gasteiger partial charge in [0, 0.05) is 24.9 Å². The van der Waals surface area contributed by atoms with Crippen LogP contribution in [0.2, 0.25) is 5.02 Å². The Balaban J connectivity index is 2.16. The third kappa shape index (κ3) is 2.51. The van der Waals surface area contributed by atoms with Gasteiger partial charge in [-0.05, 0) is 13.0 Å². The molecule has 0 N–H and O–H groups in total. The molecule has 0 unspecified atom stereocenters.